The van der Waals surface area contributed by atoms with E-state index in [9.17, 15) is 0 Å². The molecule has 0 unspecified atom stereocenters. The van der Waals surface area contributed by atoms with E-state index >= 15 is 0 Å². The minimum absolute atomic E-state index is 0.863. The van der Waals surface area contributed by atoms with Gasteiger partial charge in [0, 0.05) is 31.4 Å². The standard InChI is InChI=1S/C24H26N4OS/c1-29-21-6-3-18(4-7-21)24-22(16-27-12-2-10-25-11-13-27)28-15-19(5-8-23(28)26-24)20-9-14-30-17-20/h3-9,14-15,17,25H,2,10-13,16H2,1H3. The molecule has 154 valence electrons. The van der Waals surface area contributed by atoms with E-state index in [4.69, 9.17) is 9.72 Å². The van der Waals surface area contributed by atoms with Crippen molar-refractivity contribution in [3.8, 4) is 28.1 Å². The number of methoxy groups -OCH3 is 1. The summed E-state index contributed by atoms with van der Waals surface area (Å²) >= 11 is 1.73. The summed E-state index contributed by atoms with van der Waals surface area (Å²) in [5.74, 6) is 0.863. The molecule has 1 aromatic carbocycles. The quantitative estimate of drug-likeness (QED) is 0.517. The van der Waals surface area contributed by atoms with E-state index in [1.54, 1.807) is 18.4 Å². The monoisotopic (exact) mass is 418 g/mol. The lowest BCUT2D eigenvalue weighted by molar-refractivity contribution is 0.281. The summed E-state index contributed by atoms with van der Waals surface area (Å²) in [6, 6.07) is 14.7. The van der Waals surface area contributed by atoms with Crippen LogP contribution in [0.4, 0.5) is 0 Å². The Bertz CT molecular complexity index is 1110. The van der Waals surface area contributed by atoms with E-state index < -0.39 is 0 Å². The Morgan fingerprint density at radius 2 is 1.87 bits per heavy atom. The minimum Gasteiger partial charge on any atom is -0.497 e. The summed E-state index contributed by atoms with van der Waals surface area (Å²) in [6.45, 7) is 5.18. The second-order valence-corrected chi connectivity index (χ2v) is 8.45. The third-order valence-electron chi connectivity index (χ3n) is 5.74. The van der Waals surface area contributed by atoms with Crippen molar-refractivity contribution in [1.29, 1.82) is 0 Å². The number of benzene rings is 1. The molecule has 0 atom stereocenters. The minimum atomic E-state index is 0.863. The first-order valence-electron chi connectivity index (χ1n) is 10.4. The number of pyridine rings is 1. The normalized spacial score (nSPS) is 15.4. The second kappa shape index (κ2) is 8.60. The molecular formula is C24H26N4OS. The van der Waals surface area contributed by atoms with Gasteiger partial charge in [0.25, 0.3) is 0 Å². The van der Waals surface area contributed by atoms with E-state index in [2.05, 4.69) is 61.9 Å². The molecule has 0 saturated carbocycles. The Morgan fingerprint density at radius 1 is 1.00 bits per heavy atom. The predicted octanol–water partition coefficient (Wildman–Crippen LogP) is 4.53. The van der Waals surface area contributed by atoms with Crippen LogP contribution in [0.25, 0.3) is 28.0 Å². The van der Waals surface area contributed by atoms with E-state index in [0.717, 1.165) is 55.4 Å². The number of rotatable bonds is 5. The van der Waals surface area contributed by atoms with Gasteiger partial charge in [-0.25, -0.2) is 4.98 Å². The molecule has 3 aromatic heterocycles. The van der Waals surface area contributed by atoms with Crippen LogP contribution >= 0.6 is 11.3 Å². The van der Waals surface area contributed by atoms with Gasteiger partial charge in [0.05, 0.1) is 18.5 Å². The average Bonchev–Trinajstić information content (AvgIpc) is 3.36. The molecule has 1 aliphatic heterocycles. The van der Waals surface area contributed by atoms with Gasteiger partial charge >= 0.3 is 0 Å². The van der Waals surface area contributed by atoms with Crippen LogP contribution in [-0.2, 0) is 6.54 Å². The second-order valence-electron chi connectivity index (χ2n) is 7.67. The van der Waals surface area contributed by atoms with E-state index in [0.29, 0.717) is 0 Å². The van der Waals surface area contributed by atoms with Gasteiger partial charge in [-0.2, -0.15) is 11.3 Å². The number of thiophene rings is 1. The highest BCUT2D eigenvalue weighted by Gasteiger charge is 2.19. The first kappa shape index (κ1) is 19.3. The van der Waals surface area contributed by atoms with E-state index in [1.807, 2.05) is 12.1 Å². The van der Waals surface area contributed by atoms with Crippen LogP contribution in [0.1, 0.15) is 12.1 Å². The predicted molar refractivity (Wildman–Crippen MR) is 123 cm³/mol. The smallest absolute Gasteiger partial charge is 0.137 e. The van der Waals surface area contributed by atoms with Gasteiger partial charge < -0.3 is 14.5 Å². The Labute approximate surface area is 180 Å². The molecule has 0 radical (unpaired) electrons. The van der Waals surface area contributed by atoms with Crippen LogP contribution in [0.2, 0.25) is 0 Å². The molecule has 6 heteroatoms. The van der Waals surface area contributed by atoms with Gasteiger partial charge in [-0.1, -0.05) is 0 Å². The maximum Gasteiger partial charge on any atom is 0.137 e. The summed E-state index contributed by atoms with van der Waals surface area (Å²) in [5, 5.41) is 7.83. The maximum absolute atomic E-state index is 5.35. The van der Waals surface area contributed by atoms with Crippen molar-refractivity contribution in [3.63, 3.8) is 0 Å². The summed E-state index contributed by atoms with van der Waals surface area (Å²) < 4.78 is 7.63. The van der Waals surface area contributed by atoms with Crippen LogP contribution in [0.3, 0.4) is 0 Å². The lowest BCUT2D eigenvalue weighted by atomic mass is 10.1. The lowest BCUT2D eigenvalue weighted by Gasteiger charge is -2.20. The fourth-order valence-electron chi connectivity index (χ4n) is 4.10. The van der Waals surface area contributed by atoms with Crippen molar-refractivity contribution in [1.82, 2.24) is 19.6 Å². The highest BCUT2D eigenvalue weighted by atomic mass is 32.1. The van der Waals surface area contributed by atoms with E-state index in [-0.39, 0.29) is 0 Å². The Hall–Kier alpha value is -2.67. The number of nitrogens with zero attached hydrogens (tertiary/aromatic N) is 3. The van der Waals surface area contributed by atoms with Crippen molar-refractivity contribution in [2.75, 3.05) is 33.3 Å². The number of aromatic nitrogens is 2. The van der Waals surface area contributed by atoms with Gasteiger partial charge in [0.1, 0.15) is 11.4 Å². The molecule has 5 nitrogen and oxygen atoms in total. The summed E-state index contributed by atoms with van der Waals surface area (Å²) in [4.78, 5) is 7.57. The van der Waals surface area contributed by atoms with Crippen LogP contribution in [-0.4, -0.2) is 47.6 Å². The number of fused-ring (bicyclic) bond motifs is 1. The number of imidazole rings is 1. The molecule has 0 bridgehead atoms. The third-order valence-corrected chi connectivity index (χ3v) is 6.42. The number of hydrogen-bond donors (Lipinski definition) is 1. The fourth-order valence-corrected chi connectivity index (χ4v) is 4.76. The van der Waals surface area contributed by atoms with Crippen LogP contribution < -0.4 is 10.1 Å². The zero-order valence-corrected chi connectivity index (χ0v) is 18.0. The van der Waals surface area contributed by atoms with Crippen LogP contribution in [0.15, 0.2) is 59.4 Å². The first-order valence-corrected chi connectivity index (χ1v) is 11.4. The summed E-state index contributed by atoms with van der Waals surface area (Å²) in [6.07, 6.45) is 3.41. The summed E-state index contributed by atoms with van der Waals surface area (Å²) in [5.41, 5.74) is 6.89. The molecule has 1 aliphatic rings. The Balaban J connectivity index is 1.61. The highest BCUT2D eigenvalue weighted by Crippen LogP contribution is 2.30. The Morgan fingerprint density at radius 3 is 2.67 bits per heavy atom. The van der Waals surface area contributed by atoms with Crippen LogP contribution in [0.5, 0.6) is 5.75 Å². The topological polar surface area (TPSA) is 41.8 Å². The zero-order valence-electron chi connectivity index (χ0n) is 17.2. The van der Waals surface area contributed by atoms with Crippen molar-refractivity contribution in [2.45, 2.75) is 13.0 Å². The van der Waals surface area contributed by atoms with Crippen molar-refractivity contribution >= 4 is 17.0 Å². The average molecular weight is 419 g/mol. The summed E-state index contributed by atoms with van der Waals surface area (Å²) in [7, 11) is 1.70. The van der Waals surface area contributed by atoms with Gasteiger partial charge in [0.2, 0.25) is 0 Å². The fraction of sp³-hybridized carbons (Fsp3) is 0.292. The first-order chi connectivity index (χ1) is 14.8. The molecule has 4 aromatic rings. The molecule has 30 heavy (non-hydrogen) atoms. The number of hydrogen-bond acceptors (Lipinski definition) is 5. The molecule has 5 rings (SSSR count). The van der Waals surface area contributed by atoms with Gasteiger partial charge in [-0.15, -0.1) is 0 Å². The van der Waals surface area contributed by atoms with Crippen molar-refractivity contribution in [2.24, 2.45) is 0 Å². The van der Waals surface area contributed by atoms with Gasteiger partial charge in [0.15, 0.2) is 0 Å². The number of ether oxygens (including phenoxy) is 1. The molecule has 1 saturated heterocycles. The van der Waals surface area contributed by atoms with Crippen LogP contribution in [0, 0.1) is 0 Å². The number of nitrogens with one attached hydrogen (secondary N) is 1. The largest absolute Gasteiger partial charge is 0.497 e. The maximum atomic E-state index is 5.35. The van der Waals surface area contributed by atoms with Crippen molar-refractivity contribution < 1.29 is 4.74 Å². The lowest BCUT2D eigenvalue weighted by Crippen LogP contribution is -2.28. The van der Waals surface area contributed by atoms with E-state index in [1.165, 1.54) is 23.2 Å². The third kappa shape index (κ3) is 3.86. The highest BCUT2D eigenvalue weighted by molar-refractivity contribution is 7.08. The molecule has 4 heterocycles. The molecule has 1 N–H and O–H groups in total. The molecule has 0 spiro atoms. The van der Waals surface area contributed by atoms with Crippen molar-refractivity contribution in [3.05, 3.63) is 65.1 Å². The molecule has 0 aliphatic carbocycles. The SMILES string of the molecule is COc1ccc(-c2nc3ccc(-c4ccsc4)cn3c2CN2CCCNCC2)cc1. The zero-order chi connectivity index (χ0) is 20.3. The van der Waals surface area contributed by atoms with Gasteiger partial charge in [-0.05, 0) is 83.9 Å². The Kier molecular flexibility index (Phi) is 5.53. The molecule has 1 fully saturated rings. The molecule has 0 amide bonds. The molecular weight excluding hydrogens is 392 g/mol. The van der Waals surface area contributed by atoms with Gasteiger partial charge in [-0.3, -0.25) is 4.90 Å².